The summed E-state index contributed by atoms with van der Waals surface area (Å²) in [4.78, 5) is 4.40. The molecular weight excluding hydrogens is 308 g/mol. The van der Waals surface area contributed by atoms with Gasteiger partial charge in [0.15, 0.2) is 0 Å². The number of hydrogen-bond donors (Lipinski definition) is 1. The van der Waals surface area contributed by atoms with E-state index >= 15 is 0 Å². The maximum atomic E-state index is 12.3. The minimum atomic E-state index is -3.49. The van der Waals surface area contributed by atoms with Gasteiger partial charge in [-0.05, 0) is 36.2 Å². The minimum absolute atomic E-state index is 0.255. The molecule has 114 valence electrons. The van der Waals surface area contributed by atoms with Gasteiger partial charge in [0.25, 0.3) is 0 Å². The molecule has 4 nitrogen and oxygen atoms in total. The summed E-state index contributed by atoms with van der Waals surface area (Å²) in [5.74, 6) is 0.362. The molecule has 2 aromatic rings. The molecule has 0 unspecified atom stereocenters. The molecule has 0 radical (unpaired) electrons. The van der Waals surface area contributed by atoms with E-state index in [1.54, 1.807) is 30.3 Å². The van der Waals surface area contributed by atoms with Crippen LogP contribution in [0.2, 0.25) is 5.15 Å². The zero-order valence-electron chi connectivity index (χ0n) is 12.1. The smallest absolute Gasteiger partial charge is 0.236 e. The van der Waals surface area contributed by atoms with Crippen molar-refractivity contribution in [2.45, 2.75) is 31.6 Å². The quantitative estimate of drug-likeness (QED) is 0.825. The van der Waals surface area contributed by atoms with Gasteiger partial charge in [0.1, 0.15) is 5.15 Å². The molecule has 0 aliphatic heterocycles. The lowest BCUT2D eigenvalue weighted by Crippen LogP contribution is -2.29. The number of nitrogens with zero attached hydrogens (tertiary/aromatic N) is 1. The van der Waals surface area contributed by atoms with Crippen LogP contribution in [-0.4, -0.2) is 19.9 Å². The lowest BCUT2D eigenvalue weighted by atomic mass is 10.0. The van der Waals surface area contributed by atoms with E-state index in [1.807, 2.05) is 0 Å². The van der Waals surface area contributed by atoms with Crippen molar-refractivity contribution in [2.24, 2.45) is 5.92 Å². The Balaban J connectivity index is 2.25. The molecule has 0 fully saturated rings. The highest BCUT2D eigenvalue weighted by Crippen LogP contribution is 2.20. The topological polar surface area (TPSA) is 59.1 Å². The molecule has 0 saturated carbocycles. The number of aromatic nitrogens is 1. The molecule has 0 spiro atoms. The lowest BCUT2D eigenvalue weighted by molar-refractivity contribution is 0.479. The van der Waals surface area contributed by atoms with E-state index in [1.165, 1.54) is 0 Å². The summed E-state index contributed by atoms with van der Waals surface area (Å²) in [6, 6.07) is 8.27. The molecule has 1 heterocycles. The van der Waals surface area contributed by atoms with Crippen molar-refractivity contribution >= 4 is 32.5 Å². The fourth-order valence-corrected chi connectivity index (χ4v) is 3.44. The molecule has 2 rings (SSSR count). The first-order valence-electron chi connectivity index (χ1n) is 7.02. The third kappa shape index (κ3) is 3.93. The standard InChI is InChI=1S/C15H19ClN2O2S/c1-3-11(4-2)10-17-21(19,20)13-6-7-14-12(9-13)5-8-15(16)18-14/h5-9,11,17H,3-4,10H2,1-2H3. The number of nitrogens with one attached hydrogen (secondary N) is 1. The Morgan fingerprint density at radius 3 is 2.57 bits per heavy atom. The molecule has 6 heteroatoms. The van der Waals surface area contributed by atoms with Gasteiger partial charge in [-0.25, -0.2) is 18.1 Å². The van der Waals surface area contributed by atoms with E-state index < -0.39 is 10.0 Å². The molecule has 0 saturated heterocycles. The molecular formula is C15H19ClN2O2S. The maximum absolute atomic E-state index is 12.3. The predicted molar refractivity (Wildman–Crippen MR) is 86.0 cm³/mol. The van der Waals surface area contributed by atoms with Gasteiger partial charge >= 0.3 is 0 Å². The Labute approximate surface area is 130 Å². The van der Waals surface area contributed by atoms with E-state index in [4.69, 9.17) is 11.6 Å². The van der Waals surface area contributed by atoms with Crippen LogP contribution in [-0.2, 0) is 10.0 Å². The highest BCUT2D eigenvalue weighted by molar-refractivity contribution is 7.89. The summed E-state index contributed by atoms with van der Waals surface area (Å²) < 4.78 is 27.3. The minimum Gasteiger partial charge on any atom is -0.236 e. The fraction of sp³-hybridized carbons (Fsp3) is 0.400. The van der Waals surface area contributed by atoms with Gasteiger partial charge in [0.2, 0.25) is 10.0 Å². The normalized spacial score (nSPS) is 12.2. The first-order valence-corrected chi connectivity index (χ1v) is 8.88. The van der Waals surface area contributed by atoms with Crippen LogP contribution in [0, 0.1) is 5.92 Å². The highest BCUT2D eigenvalue weighted by Gasteiger charge is 2.16. The van der Waals surface area contributed by atoms with Crippen LogP contribution >= 0.6 is 11.6 Å². The number of benzene rings is 1. The molecule has 1 aromatic heterocycles. The van der Waals surface area contributed by atoms with Crippen molar-refractivity contribution in [1.82, 2.24) is 9.71 Å². The molecule has 0 aliphatic carbocycles. The monoisotopic (exact) mass is 326 g/mol. The van der Waals surface area contributed by atoms with Crippen molar-refractivity contribution < 1.29 is 8.42 Å². The first kappa shape index (κ1) is 16.2. The number of rotatable bonds is 6. The Morgan fingerprint density at radius 1 is 1.19 bits per heavy atom. The molecule has 0 bridgehead atoms. The first-order chi connectivity index (χ1) is 9.96. The molecule has 0 atom stereocenters. The van der Waals surface area contributed by atoms with Crippen molar-refractivity contribution in [3.8, 4) is 0 Å². The second-order valence-electron chi connectivity index (χ2n) is 5.02. The van der Waals surface area contributed by atoms with Gasteiger partial charge in [-0.1, -0.05) is 38.3 Å². The van der Waals surface area contributed by atoms with Crippen molar-refractivity contribution in [2.75, 3.05) is 6.54 Å². The fourth-order valence-electron chi connectivity index (χ4n) is 2.13. The van der Waals surface area contributed by atoms with E-state index in [0.717, 1.165) is 18.2 Å². The van der Waals surface area contributed by atoms with E-state index in [-0.39, 0.29) is 4.90 Å². The summed E-state index contributed by atoms with van der Waals surface area (Å²) in [5, 5.41) is 1.15. The predicted octanol–water partition coefficient (Wildman–Crippen LogP) is 3.60. The van der Waals surface area contributed by atoms with E-state index in [2.05, 4.69) is 23.6 Å². The summed E-state index contributed by atoms with van der Waals surface area (Å²) in [7, 11) is -3.49. The van der Waals surface area contributed by atoms with Crippen LogP contribution in [0.25, 0.3) is 10.9 Å². The third-order valence-corrected chi connectivity index (χ3v) is 5.29. The number of halogens is 1. The maximum Gasteiger partial charge on any atom is 0.240 e. The molecule has 0 aliphatic rings. The summed E-state index contributed by atoms with van der Waals surface area (Å²) in [6.07, 6.45) is 1.91. The van der Waals surface area contributed by atoms with Gasteiger partial charge in [0.05, 0.1) is 10.4 Å². The van der Waals surface area contributed by atoms with Crippen molar-refractivity contribution in [3.05, 3.63) is 35.5 Å². The van der Waals surface area contributed by atoms with Crippen LogP contribution in [0.3, 0.4) is 0 Å². The Morgan fingerprint density at radius 2 is 1.90 bits per heavy atom. The molecule has 1 N–H and O–H groups in total. The number of sulfonamides is 1. The number of hydrogen-bond acceptors (Lipinski definition) is 3. The summed E-state index contributed by atoms with van der Waals surface area (Å²) in [6.45, 7) is 4.59. The van der Waals surface area contributed by atoms with Gasteiger partial charge in [0, 0.05) is 11.9 Å². The molecule has 1 aromatic carbocycles. The Kier molecular flexibility index (Phi) is 5.19. The van der Waals surface area contributed by atoms with E-state index in [9.17, 15) is 8.42 Å². The van der Waals surface area contributed by atoms with Crippen LogP contribution in [0.1, 0.15) is 26.7 Å². The van der Waals surface area contributed by atoms with Crippen LogP contribution in [0.4, 0.5) is 0 Å². The Bertz CT molecular complexity index is 728. The Hall–Kier alpha value is -1.17. The average Bonchev–Trinajstić information content (AvgIpc) is 2.47. The van der Waals surface area contributed by atoms with Crippen molar-refractivity contribution in [1.29, 1.82) is 0 Å². The van der Waals surface area contributed by atoms with Gasteiger partial charge in [-0.3, -0.25) is 0 Å². The number of pyridine rings is 1. The lowest BCUT2D eigenvalue weighted by Gasteiger charge is -2.13. The molecule has 21 heavy (non-hydrogen) atoms. The van der Waals surface area contributed by atoms with Gasteiger partial charge in [-0.15, -0.1) is 0 Å². The SMILES string of the molecule is CCC(CC)CNS(=O)(=O)c1ccc2nc(Cl)ccc2c1. The highest BCUT2D eigenvalue weighted by atomic mass is 35.5. The van der Waals surface area contributed by atoms with Crippen molar-refractivity contribution in [3.63, 3.8) is 0 Å². The zero-order chi connectivity index (χ0) is 15.5. The zero-order valence-corrected chi connectivity index (χ0v) is 13.7. The van der Waals surface area contributed by atoms with E-state index in [0.29, 0.717) is 23.1 Å². The van der Waals surface area contributed by atoms with Crippen LogP contribution in [0.5, 0.6) is 0 Å². The second kappa shape index (κ2) is 6.73. The molecule has 0 amide bonds. The van der Waals surface area contributed by atoms with Crippen LogP contribution < -0.4 is 4.72 Å². The van der Waals surface area contributed by atoms with Crippen LogP contribution in [0.15, 0.2) is 35.2 Å². The summed E-state index contributed by atoms with van der Waals surface area (Å²) in [5.41, 5.74) is 0.682. The van der Waals surface area contributed by atoms with Gasteiger partial charge < -0.3 is 0 Å². The number of fused-ring (bicyclic) bond motifs is 1. The van der Waals surface area contributed by atoms with Gasteiger partial charge in [-0.2, -0.15) is 0 Å². The third-order valence-electron chi connectivity index (χ3n) is 3.65. The summed E-state index contributed by atoms with van der Waals surface area (Å²) >= 11 is 5.82. The largest absolute Gasteiger partial charge is 0.240 e. The second-order valence-corrected chi connectivity index (χ2v) is 7.18. The average molecular weight is 327 g/mol.